The monoisotopic (exact) mass is 350 g/mol. The first-order chi connectivity index (χ1) is 9.68. The molecule has 0 amide bonds. The number of benzene rings is 1. The quantitative estimate of drug-likeness (QED) is 0.414. The molecule has 1 aromatic carbocycles. The Hall–Kier alpha value is -0.00623. The second-order valence-electron chi connectivity index (χ2n) is 7.82. The van der Waals surface area contributed by atoms with E-state index in [4.69, 9.17) is 0 Å². The van der Waals surface area contributed by atoms with E-state index in [2.05, 4.69) is 81.8 Å². The summed E-state index contributed by atoms with van der Waals surface area (Å²) in [6.07, 6.45) is 6.32. The van der Waals surface area contributed by atoms with Crippen molar-refractivity contribution in [2.24, 2.45) is 0 Å². The summed E-state index contributed by atoms with van der Waals surface area (Å²) in [4.78, 5) is 3.63. The lowest BCUT2D eigenvalue weighted by atomic mass is 10.2. The number of hydrogen-bond acceptors (Lipinski definition) is 0. The van der Waals surface area contributed by atoms with Crippen LogP contribution in [0, 0.1) is 0 Å². The van der Waals surface area contributed by atoms with Crippen molar-refractivity contribution in [2.75, 3.05) is 0 Å². The zero-order chi connectivity index (χ0) is 15.7. The smallest absolute Gasteiger partial charge is 0.0692 e. The first-order valence-electron chi connectivity index (χ1n) is 7.69. The van der Waals surface area contributed by atoms with Crippen LogP contribution in [0.1, 0.15) is 5.56 Å². The molecule has 0 fully saturated rings. The van der Waals surface area contributed by atoms with Crippen molar-refractivity contribution in [3.63, 3.8) is 0 Å². The van der Waals surface area contributed by atoms with Gasteiger partial charge in [0.25, 0.3) is 0 Å². The minimum absolute atomic E-state index is 0.0140. The summed E-state index contributed by atoms with van der Waals surface area (Å²) < 4.78 is 0. The molecule has 0 saturated heterocycles. The van der Waals surface area contributed by atoms with E-state index in [-0.39, 0.29) is 7.61 Å². The molecule has 0 aliphatic carbocycles. The fourth-order valence-corrected chi connectivity index (χ4v) is 20.3. The van der Waals surface area contributed by atoms with Gasteiger partial charge < -0.3 is 0 Å². The second kappa shape index (κ2) is 6.63. The third-order valence-electron chi connectivity index (χ3n) is 3.71. The Kier molecular flexibility index (Phi) is 5.47. The van der Waals surface area contributed by atoms with E-state index in [1.54, 1.807) is 4.94 Å². The van der Waals surface area contributed by atoms with E-state index in [0.29, 0.717) is 0 Å². The Morgan fingerprint density at radius 2 is 1.48 bits per heavy atom. The van der Waals surface area contributed by atoms with Crippen molar-refractivity contribution in [3.8, 4) is 0 Å². The van der Waals surface area contributed by atoms with Gasteiger partial charge in [-0.05, 0) is 11.7 Å². The van der Waals surface area contributed by atoms with Crippen molar-refractivity contribution < 1.29 is 0 Å². The van der Waals surface area contributed by atoms with Crippen LogP contribution in [0.25, 0.3) is 0 Å². The van der Waals surface area contributed by atoms with Gasteiger partial charge >= 0.3 is 0 Å². The first kappa shape index (κ1) is 17.3. The van der Waals surface area contributed by atoms with Crippen LogP contribution in [0.5, 0.6) is 0 Å². The molecule has 1 aliphatic rings. The zero-order valence-electron chi connectivity index (χ0n) is 14.2. The lowest BCUT2D eigenvalue weighted by Crippen LogP contribution is -2.26. The molecule has 1 aliphatic heterocycles. The molecule has 0 N–H and O–H groups in total. The molecule has 2 rings (SSSR count). The molecule has 1 heterocycles. The molecular weight excluding hydrogens is 322 g/mol. The number of hydrogen-bond donors (Lipinski definition) is 0. The normalized spacial score (nSPS) is 21.1. The first-order valence-corrected chi connectivity index (χ1v) is 18.1. The van der Waals surface area contributed by atoms with Crippen LogP contribution < -0.4 is 0 Å². The molecule has 114 valence electrons. The van der Waals surface area contributed by atoms with Crippen LogP contribution in [0.4, 0.5) is 0 Å². The molecule has 0 nitrogen and oxygen atoms in total. The van der Waals surface area contributed by atoms with E-state index in [0.717, 1.165) is 8.27 Å². The average Bonchev–Trinajstić information content (AvgIpc) is 2.37. The molecule has 1 aromatic rings. The Morgan fingerprint density at radius 3 is 2.00 bits per heavy atom. The molecule has 21 heavy (non-hydrogen) atoms. The van der Waals surface area contributed by atoms with Crippen LogP contribution >= 0.6 is 15.9 Å². The van der Waals surface area contributed by atoms with Crippen molar-refractivity contribution in [1.82, 2.24) is 0 Å². The van der Waals surface area contributed by atoms with Crippen LogP contribution in [-0.2, 0) is 6.16 Å². The minimum atomic E-state index is -1.19. The topological polar surface area (TPSA) is 0 Å². The Bertz CT molecular complexity index is 548. The summed E-state index contributed by atoms with van der Waals surface area (Å²) in [5, 5.41) is 0. The predicted octanol–water partition coefficient (Wildman–Crippen LogP) is 6.80. The fraction of sp³-hybridized carbons (Fsp3) is 0.412. The van der Waals surface area contributed by atoms with Crippen LogP contribution in [-0.4, -0.2) is 16.1 Å². The van der Waals surface area contributed by atoms with Gasteiger partial charge in [-0.15, -0.1) is 0 Å². The van der Waals surface area contributed by atoms with Crippen molar-refractivity contribution in [3.05, 3.63) is 57.9 Å². The summed E-state index contributed by atoms with van der Waals surface area (Å²) in [5.74, 6) is 0. The zero-order valence-corrected chi connectivity index (χ0v) is 18.1. The highest BCUT2D eigenvalue weighted by Crippen LogP contribution is 2.71. The lowest BCUT2D eigenvalue weighted by molar-refractivity contribution is 1.41. The minimum Gasteiger partial charge on any atom is -0.0692 e. The lowest BCUT2D eigenvalue weighted by Gasteiger charge is -2.36. The molecule has 0 spiro atoms. The highest BCUT2D eigenvalue weighted by atomic mass is 32.1. The van der Waals surface area contributed by atoms with Crippen molar-refractivity contribution in [2.45, 2.75) is 45.4 Å². The highest BCUT2D eigenvalue weighted by Gasteiger charge is 2.32. The van der Waals surface area contributed by atoms with Gasteiger partial charge in [0.05, 0.1) is 16.1 Å². The van der Waals surface area contributed by atoms with Gasteiger partial charge in [-0.3, -0.25) is 0 Å². The van der Waals surface area contributed by atoms with Crippen molar-refractivity contribution >= 4 is 32.0 Å². The summed E-state index contributed by atoms with van der Waals surface area (Å²) in [7, 11) is -1.26. The van der Waals surface area contributed by atoms with Gasteiger partial charge in [-0.2, -0.15) is 0 Å². The summed E-state index contributed by atoms with van der Waals surface area (Å²) in [6.45, 7) is 15.0. The Labute approximate surface area is 135 Å². The summed E-state index contributed by atoms with van der Waals surface area (Å²) in [6, 6.07) is 11.1. The van der Waals surface area contributed by atoms with E-state index >= 15 is 0 Å². The highest BCUT2D eigenvalue weighted by molar-refractivity contribution is 8.26. The van der Waals surface area contributed by atoms with Gasteiger partial charge in [-0.25, -0.2) is 0 Å². The van der Waals surface area contributed by atoms with Crippen molar-refractivity contribution in [1.29, 1.82) is 0 Å². The maximum Gasteiger partial charge on any atom is 0.0786 e. The summed E-state index contributed by atoms with van der Waals surface area (Å²) in [5.41, 5.74) is 1.53. The van der Waals surface area contributed by atoms with E-state index in [1.807, 2.05) is 4.94 Å². The third kappa shape index (κ3) is 4.73. The van der Waals surface area contributed by atoms with Crippen LogP contribution in [0.3, 0.4) is 0 Å². The average molecular weight is 351 g/mol. The molecule has 0 radical (unpaired) electrons. The standard InChI is InChI=1S/C17H28P2Si2/c1-20(2,3)16-12-13-17(21(4,5)6)19(18-16)14-15-10-8-7-9-11-15/h7-13,18H,14H2,1-6H3. The molecule has 0 bridgehead atoms. The Morgan fingerprint density at radius 1 is 0.857 bits per heavy atom. The van der Waals surface area contributed by atoms with Gasteiger partial charge in [0.15, 0.2) is 0 Å². The summed E-state index contributed by atoms with van der Waals surface area (Å²) >= 11 is 0. The largest absolute Gasteiger partial charge is 0.0786 e. The third-order valence-corrected chi connectivity index (χ3v) is 18.8. The van der Waals surface area contributed by atoms with E-state index < -0.39 is 16.1 Å². The van der Waals surface area contributed by atoms with Gasteiger partial charge in [-0.1, -0.05) is 108 Å². The molecule has 0 saturated carbocycles. The molecule has 0 aromatic heterocycles. The maximum absolute atomic E-state index is 2.53. The second-order valence-corrected chi connectivity index (χ2v) is 23.5. The van der Waals surface area contributed by atoms with Gasteiger partial charge in [0, 0.05) is 0 Å². The Balaban J connectivity index is 2.30. The molecular formula is C17H28P2Si2. The van der Waals surface area contributed by atoms with E-state index in [9.17, 15) is 0 Å². The molecule has 2 unspecified atom stereocenters. The van der Waals surface area contributed by atoms with Crippen LogP contribution in [0.15, 0.2) is 52.4 Å². The number of allylic oxidation sites excluding steroid dienone is 2. The molecule has 2 atom stereocenters. The van der Waals surface area contributed by atoms with Gasteiger partial charge in [0.2, 0.25) is 0 Å². The maximum atomic E-state index is 2.53. The molecule has 4 heteroatoms. The van der Waals surface area contributed by atoms with Crippen LogP contribution in [0.2, 0.25) is 39.3 Å². The van der Waals surface area contributed by atoms with Gasteiger partial charge in [0.1, 0.15) is 0 Å². The fourth-order valence-electron chi connectivity index (χ4n) is 2.46. The number of rotatable bonds is 4. The predicted molar refractivity (Wildman–Crippen MR) is 108 cm³/mol. The van der Waals surface area contributed by atoms with E-state index in [1.165, 1.54) is 11.7 Å². The SMILES string of the molecule is C[Si](C)(C)C1=CC=C([Si](C)(C)C)P(Cc2ccccc2)P1.